The smallest absolute Gasteiger partial charge is 0.257 e. The summed E-state index contributed by atoms with van der Waals surface area (Å²) in [5.41, 5.74) is 6.91. The molecule has 0 aliphatic heterocycles. The fourth-order valence-electron chi connectivity index (χ4n) is 1.85. The Labute approximate surface area is 123 Å². The van der Waals surface area contributed by atoms with E-state index in [1.807, 2.05) is 6.92 Å². The normalized spacial score (nSPS) is 11.5. The summed E-state index contributed by atoms with van der Waals surface area (Å²) in [6.07, 6.45) is 1.94. The van der Waals surface area contributed by atoms with Crippen molar-refractivity contribution in [3.8, 4) is 5.75 Å². The number of rotatable bonds is 6. The average Bonchev–Trinajstić information content (AvgIpc) is 2.95. The zero-order valence-electron chi connectivity index (χ0n) is 11.9. The van der Waals surface area contributed by atoms with E-state index in [1.54, 1.807) is 18.2 Å². The van der Waals surface area contributed by atoms with Crippen molar-refractivity contribution in [2.45, 2.75) is 24.9 Å². The molecule has 1 aromatic heterocycles. The highest BCUT2D eigenvalue weighted by atomic mass is 32.2. The van der Waals surface area contributed by atoms with Crippen LogP contribution in [0.25, 0.3) is 0 Å². The topological polar surface area (TPSA) is 110 Å². The Kier molecular flexibility index (Phi) is 4.49. The van der Waals surface area contributed by atoms with Crippen LogP contribution >= 0.6 is 0 Å². The van der Waals surface area contributed by atoms with Crippen LogP contribution < -0.4 is 15.2 Å². The van der Waals surface area contributed by atoms with Crippen molar-refractivity contribution in [2.24, 2.45) is 0 Å². The number of sulfonamides is 1. The molecule has 2 aromatic rings. The highest BCUT2D eigenvalue weighted by Crippen LogP contribution is 2.21. The maximum absolute atomic E-state index is 12.2. The molecule has 4 N–H and O–H groups in total. The number of benzene rings is 1. The van der Waals surface area contributed by atoms with Gasteiger partial charge in [-0.05, 0) is 18.2 Å². The summed E-state index contributed by atoms with van der Waals surface area (Å²) in [5, 5.41) is 0.0437. The molecular weight excluding hydrogens is 292 g/mol. The molecule has 8 heteroatoms. The van der Waals surface area contributed by atoms with Gasteiger partial charge in [-0.3, -0.25) is 0 Å². The van der Waals surface area contributed by atoms with Gasteiger partial charge in [-0.1, -0.05) is 6.92 Å². The zero-order valence-corrected chi connectivity index (χ0v) is 12.7. The predicted octanol–water partition coefficient (Wildman–Crippen LogP) is 1.04. The molecule has 7 nitrogen and oxygen atoms in total. The molecule has 0 spiro atoms. The first-order valence-corrected chi connectivity index (χ1v) is 7.90. The van der Waals surface area contributed by atoms with Crippen molar-refractivity contribution in [1.82, 2.24) is 14.7 Å². The molecule has 0 radical (unpaired) electrons. The molecule has 2 rings (SSSR count). The standard InChI is InChI=1S/C13H18N4O3S/c1-3-12-15-8-13(17-12)21(18,19)16-7-9-6-10(14)4-5-11(9)20-2/h4-6,8,16H,3,7,14H2,1-2H3,(H,15,17). The van der Waals surface area contributed by atoms with Gasteiger partial charge in [0.05, 0.1) is 13.3 Å². The number of imidazole rings is 1. The first-order valence-electron chi connectivity index (χ1n) is 6.42. The van der Waals surface area contributed by atoms with E-state index in [2.05, 4.69) is 14.7 Å². The molecule has 0 fully saturated rings. The highest BCUT2D eigenvalue weighted by molar-refractivity contribution is 7.89. The van der Waals surface area contributed by atoms with Crippen molar-refractivity contribution >= 4 is 15.7 Å². The van der Waals surface area contributed by atoms with Gasteiger partial charge in [0.2, 0.25) is 0 Å². The highest BCUT2D eigenvalue weighted by Gasteiger charge is 2.17. The predicted molar refractivity (Wildman–Crippen MR) is 79.4 cm³/mol. The number of methoxy groups -OCH3 is 1. The third-order valence-corrected chi connectivity index (χ3v) is 4.30. The van der Waals surface area contributed by atoms with E-state index in [1.165, 1.54) is 13.3 Å². The van der Waals surface area contributed by atoms with Gasteiger partial charge in [-0.15, -0.1) is 0 Å². The van der Waals surface area contributed by atoms with Gasteiger partial charge in [-0.2, -0.15) is 0 Å². The number of ether oxygens (including phenoxy) is 1. The lowest BCUT2D eigenvalue weighted by atomic mass is 10.2. The molecule has 0 amide bonds. The maximum atomic E-state index is 12.2. The van der Waals surface area contributed by atoms with Gasteiger partial charge in [0, 0.05) is 24.2 Å². The Balaban J connectivity index is 2.17. The summed E-state index contributed by atoms with van der Waals surface area (Å²) < 4.78 is 32.0. The molecule has 0 atom stereocenters. The lowest BCUT2D eigenvalue weighted by Gasteiger charge is -2.10. The summed E-state index contributed by atoms with van der Waals surface area (Å²) >= 11 is 0. The van der Waals surface area contributed by atoms with Crippen molar-refractivity contribution in [3.63, 3.8) is 0 Å². The second-order valence-electron chi connectivity index (χ2n) is 4.44. The van der Waals surface area contributed by atoms with Crippen LogP contribution in [0, 0.1) is 0 Å². The van der Waals surface area contributed by atoms with Crippen LogP contribution in [0.3, 0.4) is 0 Å². The van der Waals surface area contributed by atoms with Crippen molar-refractivity contribution in [3.05, 3.63) is 35.8 Å². The van der Waals surface area contributed by atoms with Crippen LogP contribution in [0.1, 0.15) is 18.3 Å². The Morgan fingerprint density at radius 1 is 1.43 bits per heavy atom. The van der Waals surface area contributed by atoms with Crippen LogP contribution in [0.2, 0.25) is 0 Å². The van der Waals surface area contributed by atoms with E-state index in [-0.39, 0.29) is 11.6 Å². The van der Waals surface area contributed by atoms with E-state index in [9.17, 15) is 8.42 Å². The molecule has 0 aliphatic carbocycles. The van der Waals surface area contributed by atoms with Crippen molar-refractivity contribution in [1.29, 1.82) is 0 Å². The largest absolute Gasteiger partial charge is 0.496 e. The van der Waals surface area contributed by atoms with E-state index < -0.39 is 10.0 Å². The summed E-state index contributed by atoms with van der Waals surface area (Å²) in [6.45, 7) is 1.97. The minimum Gasteiger partial charge on any atom is -0.496 e. The first-order chi connectivity index (χ1) is 9.96. The second-order valence-corrected chi connectivity index (χ2v) is 6.18. The number of nitrogens with one attached hydrogen (secondary N) is 2. The Morgan fingerprint density at radius 2 is 2.19 bits per heavy atom. The molecular formula is C13H18N4O3S. The molecule has 1 heterocycles. The van der Waals surface area contributed by atoms with E-state index in [0.29, 0.717) is 29.2 Å². The van der Waals surface area contributed by atoms with Crippen molar-refractivity contribution < 1.29 is 13.2 Å². The zero-order chi connectivity index (χ0) is 15.5. The molecule has 0 aliphatic rings. The number of aromatic amines is 1. The lowest BCUT2D eigenvalue weighted by Crippen LogP contribution is -2.24. The summed E-state index contributed by atoms with van der Waals surface area (Å²) in [4.78, 5) is 6.75. The lowest BCUT2D eigenvalue weighted by molar-refractivity contribution is 0.409. The number of aryl methyl sites for hydroxylation is 1. The average molecular weight is 310 g/mol. The Hall–Kier alpha value is -2.06. The number of nitrogen functional groups attached to an aromatic ring is 1. The van der Waals surface area contributed by atoms with Gasteiger partial charge >= 0.3 is 0 Å². The van der Waals surface area contributed by atoms with Gasteiger partial charge < -0.3 is 15.5 Å². The second kappa shape index (κ2) is 6.15. The molecule has 0 bridgehead atoms. The molecule has 21 heavy (non-hydrogen) atoms. The molecule has 0 saturated carbocycles. The number of H-pyrrole nitrogens is 1. The monoisotopic (exact) mass is 310 g/mol. The fourth-order valence-corrected chi connectivity index (χ4v) is 2.79. The minimum absolute atomic E-state index is 0.0437. The molecule has 0 unspecified atom stereocenters. The summed E-state index contributed by atoms with van der Waals surface area (Å²) in [7, 11) is -2.13. The summed E-state index contributed by atoms with van der Waals surface area (Å²) in [6, 6.07) is 5.06. The van der Waals surface area contributed by atoms with E-state index in [4.69, 9.17) is 10.5 Å². The van der Waals surface area contributed by atoms with Crippen LogP contribution in [0.4, 0.5) is 5.69 Å². The molecule has 0 saturated heterocycles. The number of hydrogen-bond donors (Lipinski definition) is 3. The third kappa shape index (κ3) is 3.53. The Morgan fingerprint density at radius 3 is 2.81 bits per heavy atom. The van der Waals surface area contributed by atoms with Crippen LogP contribution in [0.15, 0.2) is 29.4 Å². The van der Waals surface area contributed by atoms with E-state index >= 15 is 0 Å². The first kappa shape index (κ1) is 15.3. The van der Waals surface area contributed by atoms with Crippen LogP contribution in [-0.4, -0.2) is 25.5 Å². The maximum Gasteiger partial charge on any atom is 0.257 e. The number of anilines is 1. The summed E-state index contributed by atoms with van der Waals surface area (Å²) in [5.74, 6) is 1.20. The number of hydrogen-bond acceptors (Lipinski definition) is 5. The van der Waals surface area contributed by atoms with Gasteiger partial charge in [0.15, 0.2) is 5.03 Å². The number of nitrogens with zero attached hydrogens (tertiary/aromatic N) is 1. The van der Waals surface area contributed by atoms with Crippen molar-refractivity contribution in [2.75, 3.05) is 12.8 Å². The van der Waals surface area contributed by atoms with Gasteiger partial charge in [-0.25, -0.2) is 18.1 Å². The van der Waals surface area contributed by atoms with E-state index in [0.717, 1.165) is 0 Å². The van der Waals surface area contributed by atoms with Gasteiger partial charge in [0.1, 0.15) is 11.6 Å². The molecule has 114 valence electrons. The molecule has 1 aromatic carbocycles. The van der Waals surface area contributed by atoms with Crippen LogP contribution in [-0.2, 0) is 23.0 Å². The minimum atomic E-state index is -3.65. The quantitative estimate of drug-likeness (QED) is 0.691. The SMILES string of the molecule is CCc1ncc(S(=O)(=O)NCc2cc(N)ccc2OC)[nH]1. The Bertz CT molecular complexity index is 725. The van der Waals surface area contributed by atoms with Gasteiger partial charge in [0.25, 0.3) is 10.0 Å². The fraction of sp³-hybridized carbons (Fsp3) is 0.308. The van der Waals surface area contributed by atoms with Crippen LogP contribution in [0.5, 0.6) is 5.75 Å². The third-order valence-electron chi connectivity index (χ3n) is 2.99. The number of aromatic nitrogens is 2. The number of nitrogens with two attached hydrogens (primary N) is 1.